The normalized spacial score (nSPS) is 18.5. The predicted octanol–water partition coefficient (Wildman–Crippen LogP) is 4.11. The number of benzene rings is 1. The average molecular weight is 361 g/mol. The Morgan fingerprint density at radius 2 is 2.29 bits per heavy atom. The zero-order valence-electron chi connectivity index (χ0n) is 14.0. The van der Waals surface area contributed by atoms with E-state index in [2.05, 4.69) is 40.7 Å². The molecule has 1 atom stereocenters. The zero-order chi connectivity index (χ0) is 16.8. The lowest BCUT2D eigenvalue weighted by molar-refractivity contribution is 0.0934. The van der Waals surface area contributed by atoms with Crippen molar-refractivity contribution in [1.82, 2.24) is 10.2 Å². The third kappa shape index (κ3) is 4.85. The fourth-order valence-electron chi connectivity index (χ4n) is 3.22. The van der Waals surface area contributed by atoms with Gasteiger partial charge in [-0.05, 0) is 60.7 Å². The summed E-state index contributed by atoms with van der Waals surface area (Å²) in [5, 5.41) is 5.04. The molecule has 24 heavy (non-hydrogen) atoms. The first-order chi connectivity index (χ1) is 11.7. The summed E-state index contributed by atoms with van der Waals surface area (Å²) in [4.78, 5) is 16.7. The number of carbonyl (C=O) groups excluding carboxylic acids is 1. The van der Waals surface area contributed by atoms with Crippen molar-refractivity contribution in [2.45, 2.75) is 24.3 Å². The maximum atomic E-state index is 12.1. The van der Waals surface area contributed by atoms with Gasteiger partial charge in [0.1, 0.15) is 0 Å². The Morgan fingerprint density at radius 3 is 3.08 bits per heavy atom. The van der Waals surface area contributed by atoms with E-state index in [-0.39, 0.29) is 5.91 Å². The van der Waals surface area contributed by atoms with Crippen molar-refractivity contribution in [3.05, 3.63) is 52.2 Å². The van der Waals surface area contributed by atoms with E-state index in [1.165, 1.54) is 34.6 Å². The molecule has 0 radical (unpaired) electrons. The van der Waals surface area contributed by atoms with Gasteiger partial charge in [-0.15, -0.1) is 23.1 Å². The van der Waals surface area contributed by atoms with Crippen LogP contribution in [0.3, 0.4) is 0 Å². The minimum atomic E-state index is 0.0646. The number of thioether (sulfide) groups is 1. The van der Waals surface area contributed by atoms with E-state index in [1.807, 2.05) is 17.5 Å². The lowest BCUT2D eigenvalue weighted by Gasteiger charge is -2.32. The summed E-state index contributed by atoms with van der Waals surface area (Å²) in [5.74, 6) is 0.612. The largest absolute Gasteiger partial charge is 0.351 e. The second-order valence-corrected chi connectivity index (χ2v) is 8.11. The fraction of sp³-hybridized carbons (Fsp3) is 0.421. The van der Waals surface area contributed by atoms with Crippen molar-refractivity contribution >= 4 is 29.0 Å². The van der Waals surface area contributed by atoms with Crippen LogP contribution in [0.5, 0.6) is 0 Å². The Hall–Kier alpha value is -1.30. The molecular weight excluding hydrogens is 336 g/mol. The van der Waals surface area contributed by atoms with Crippen LogP contribution in [0.25, 0.3) is 0 Å². The molecule has 0 bridgehead atoms. The van der Waals surface area contributed by atoms with Crippen molar-refractivity contribution in [3.63, 3.8) is 0 Å². The Balaban J connectivity index is 1.49. The molecule has 1 aromatic carbocycles. The fourth-order valence-corrected chi connectivity index (χ4v) is 4.35. The lowest BCUT2D eigenvalue weighted by atomic mass is 9.97. The number of piperidine rings is 1. The minimum absolute atomic E-state index is 0.0646. The molecule has 0 aliphatic carbocycles. The summed E-state index contributed by atoms with van der Waals surface area (Å²) in [7, 11) is 0. The smallest absolute Gasteiger partial charge is 0.261 e. The van der Waals surface area contributed by atoms with Gasteiger partial charge in [0, 0.05) is 24.5 Å². The van der Waals surface area contributed by atoms with E-state index >= 15 is 0 Å². The van der Waals surface area contributed by atoms with Gasteiger partial charge in [0.15, 0.2) is 0 Å². The third-order valence-electron chi connectivity index (χ3n) is 4.44. The van der Waals surface area contributed by atoms with Crippen LogP contribution in [0.1, 0.15) is 28.1 Å². The molecule has 0 saturated carbocycles. The minimum Gasteiger partial charge on any atom is -0.351 e. The number of nitrogens with zero attached hydrogens (tertiary/aromatic N) is 1. The van der Waals surface area contributed by atoms with Gasteiger partial charge < -0.3 is 5.32 Å². The van der Waals surface area contributed by atoms with Gasteiger partial charge in [0.2, 0.25) is 0 Å². The highest BCUT2D eigenvalue weighted by Crippen LogP contribution is 2.21. The first-order valence-corrected chi connectivity index (χ1v) is 10.5. The van der Waals surface area contributed by atoms with Crippen LogP contribution < -0.4 is 5.32 Å². The van der Waals surface area contributed by atoms with E-state index in [0.717, 1.165) is 31.1 Å². The van der Waals surface area contributed by atoms with Crippen LogP contribution in [-0.4, -0.2) is 36.7 Å². The van der Waals surface area contributed by atoms with Crippen LogP contribution in [0, 0.1) is 5.92 Å². The Morgan fingerprint density at radius 1 is 1.38 bits per heavy atom. The Bertz CT molecular complexity index is 657. The van der Waals surface area contributed by atoms with Crippen LogP contribution in [0.4, 0.5) is 0 Å². The van der Waals surface area contributed by atoms with Gasteiger partial charge >= 0.3 is 0 Å². The molecule has 2 heterocycles. The molecule has 1 saturated heterocycles. The van der Waals surface area contributed by atoms with Gasteiger partial charge in [-0.3, -0.25) is 9.69 Å². The van der Waals surface area contributed by atoms with E-state index in [0.29, 0.717) is 5.92 Å². The van der Waals surface area contributed by atoms with E-state index < -0.39 is 0 Å². The highest BCUT2D eigenvalue weighted by Gasteiger charge is 2.21. The molecule has 128 valence electrons. The lowest BCUT2D eigenvalue weighted by Crippen LogP contribution is -2.40. The number of hydrogen-bond donors (Lipinski definition) is 1. The first kappa shape index (κ1) is 17.5. The van der Waals surface area contributed by atoms with Crippen LogP contribution in [0.2, 0.25) is 0 Å². The second-order valence-electron chi connectivity index (χ2n) is 6.28. The molecule has 2 aromatic rings. The van der Waals surface area contributed by atoms with E-state index in [9.17, 15) is 4.79 Å². The summed E-state index contributed by atoms with van der Waals surface area (Å²) in [6.45, 7) is 3.99. The molecule has 1 fully saturated rings. The average Bonchev–Trinajstić information content (AvgIpc) is 3.15. The van der Waals surface area contributed by atoms with Crippen LogP contribution in [-0.2, 0) is 6.54 Å². The van der Waals surface area contributed by atoms with E-state index in [1.54, 1.807) is 11.8 Å². The summed E-state index contributed by atoms with van der Waals surface area (Å²) in [6, 6.07) is 12.6. The standard InChI is InChI=1S/C19H24N2OS2/c1-23-17-7-2-5-15(11-17)13-21-9-3-6-16(14-21)12-20-19(22)18-8-4-10-24-18/h2,4-5,7-8,10-11,16H,3,6,9,12-14H2,1H3,(H,20,22)/t16-/m0/s1. The Labute approximate surface area is 152 Å². The molecule has 3 rings (SSSR count). The maximum absolute atomic E-state index is 12.1. The molecule has 0 unspecified atom stereocenters. The Kier molecular flexibility index (Phi) is 6.35. The van der Waals surface area contributed by atoms with Crippen LogP contribution in [0.15, 0.2) is 46.7 Å². The third-order valence-corrected chi connectivity index (χ3v) is 6.03. The van der Waals surface area contributed by atoms with Crippen molar-refractivity contribution in [3.8, 4) is 0 Å². The highest BCUT2D eigenvalue weighted by molar-refractivity contribution is 7.98. The number of rotatable bonds is 6. The number of amides is 1. The molecule has 5 heteroatoms. The van der Waals surface area contributed by atoms with Gasteiger partial charge in [0.05, 0.1) is 4.88 Å². The van der Waals surface area contributed by atoms with Gasteiger partial charge in [0.25, 0.3) is 5.91 Å². The summed E-state index contributed by atoms with van der Waals surface area (Å²) in [6.07, 6.45) is 4.53. The first-order valence-electron chi connectivity index (χ1n) is 8.41. The van der Waals surface area contributed by atoms with Crippen molar-refractivity contribution in [2.75, 3.05) is 25.9 Å². The van der Waals surface area contributed by atoms with Crippen molar-refractivity contribution < 1.29 is 4.79 Å². The molecular formula is C19H24N2OS2. The zero-order valence-corrected chi connectivity index (χ0v) is 15.7. The maximum Gasteiger partial charge on any atom is 0.261 e. The number of hydrogen-bond acceptors (Lipinski definition) is 4. The molecule has 1 aromatic heterocycles. The molecule has 1 aliphatic heterocycles. The monoisotopic (exact) mass is 360 g/mol. The van der Waals surface area contributed by atoms with Crippen molar-refractivity contribution in [1.29, 1.82) is 0 Å². The quantitative estimate of drug-likeness (QED) is 0.787. The van der Waals surface area contributed by atoms with E-state index in [4.69, 9.17) is 0 Å². The number of carbonyl (C=O) groups is 1. The van der Waals surface area contributed by atoms with Crippen LogP contribution >= 0.6 is 23.1 Å². The number of nitrogens with one attached hydrogen (secondary N) is 1. The summed E-state index contributed by atoms with van der Waals surface area (Å²) < 4.78 is 0. The highest BCUT2D eigenvalue weighted by atomic mass is 32.2. The molecule has 3 nitrogen and oxygen atoms in total. The topological polar surface area (TPSA) is 32.3 Å². The number of likely N-dealkylation sites (tertiary alicyclic amines) is 1. The van der Waals surface area contributed by atoms with Crippen molar-refractivity contribution in [2.24, 2.45) is 5.92 Å². The molecule has 1 aliphatic rings. The van der Waals surface area contributed by atoms with Gasteiger partial charge in [-0.2, -0.15) is 0 Å². The molecule has 0 spiro atoms. The second kappa shape index (κ2) is 8.70. The predicted molar refractivity (Wildman–Crippen MR) is 103 cm³/mol. The summed E-state index contributed by atoms with van der Waals surface area (Å²) >= 11 is 3.29. The van der Waals surface area contributed by atoms with Gasteiger partial charge in [-0.1, -0.05) is 18.2 Å². The number of thiophene rings is 1. The molecule has 1 amide bonds. The van der Waals surface area contributed by atoms with Gasteiger partial charge in [-0.25, -0.2) is 0 Å². The summed E-state index contributed by atoms with van der Waals surface area (Å²) in [5.41, 5.74) is 1.38. The SMILES string of the molecule is CSc1cccc(CN2CCC[C@@H](CNC(=O)c3cccs3)C2)c1. The molecule has 1 N–H and O–H groups in total.